The number of rotatable bonds is 2. The van der Waals surface area contributed by atoms with Gasteiger partial charge in [-0.2, -0.15) is 0 Å². The van der Waals surface area contributed by atoms with Gasteiger partial charge in [0.1, 0.15) is 0 Å². The zero-order valence-electron chi connectivity index (χ0n) is 7.89. The molecular formula is C10H16N2. The number of hydrogen-bond donors (Lipinski definition) is 2. The van der Waals surface area contributed by atoms with Crippen LogP contribution in [0.5, 0.6) is 0 Å². The molecule has 0 aliphatic rings. The van der Waals surface area contributed by atoms with Gasteiger partial charge in [0.2, 0.25) is 0 Å². The lowest BCUT2D eigenvalue weighted by Gasteiger charge is -2.09. The van der Waals surface area contributed by atoms with E-state index in [2.05, 4.69) is 25.2 Å². The molecule has 0 spiro atoms. The van der Waals surface area contributed by atoms with Gasteiger partial charge >= 0.3 is 0 Å². The molecule has 0 fully saturated rings. The van der Waals surface area contributed by atoms with E-state index in [1.807, 2.05) is 19.2 Å². The fraction of sp³-hybridized carbons (Fsp3) is 0.400. The number of nitrogens with two attached hydrogens (primary N) is 1. The Hall–Kier alpha value is -1.18. The Bertz CT molecular complexity index is 267. The molecule has 0 aromatic heterocycles. The van der Waals surface area contributed by atoms with E-state index in [1.54, 1.807) is 0 Å². The van der Waals surface area contributed by atoms with Crippen molar-refractivity contribution in [2.75, 3.05) is 18.1 Å². The molecule has 12 heavy (non-hydrogen) atoms. The van der Waals surface area contributed by atoms with Gasteiger partial charge in [0.25, 0.3) is 0 Å². The van der Waals surface area contributed by atoms with E-state index in [-0.39, 0.29) is 0 Å². The highest BCUT2D eigenvalue weighted by molar-refractivity contribution is 5.57. The first-order valence-corrected chi connectivity index (χ1v) is 4.21. The topological polar surface area (TPSA) is 38.0 Å². The molecule has 1 aromatic carbocycles. The molecule has 0 aliphatic heterocycles. The largest absolute Gasteiger partial charge is 0.399 e. The third-order valence-electron chi connectivity index (χ3n) is 1.93. The van der Waals surface area contributed by atoms with Crippen LogP contribution in [-0.4, -0.2) is 7.05 Å². The van der Waals surface area contributed by atoms with Crippen molar-refractivity contribution in [3.05, 3.63) is 23.8 Å². The fourth-order valence-electron chi connectivity index (χ4n) is 1.15. The monoisotopic (exact) mass is 164 g/mol. The standard InChI is InChI=1S/C10H16N2/c1-7(2)8-4-9(11)6-10(5-8)12-3/h4-7,12H,11H2,1-3H3. The highest BCUT2D eigenvalue weighted by atomic mass is 14.8. The Morgan fingerprint density at radius 2 is 1.92 bits per heavy atom. The van der Waals surface area contributed by atoms with Gasteiger partial charge in [0.15, 0.2) is 0 Å². The molecule has 3 N–H and O–H groups in total. The Morgan fingerprint density at radius 3 is 2.42 bits per heavy atom. The van der Waals surface area contributed by atoms with Gasteiger partial charge in [-0.25, -0.2) is 0 Å². The maximum atomic E-state index is 5.73. The lowest BCUT2D eigenvalue weighted by Crippen LogP contribution is -1.95. The maximum absolute atomic E-state index is 5.73. The minimum absolute atomic E-state index is 0.528. The molecule has 0 saturated carbocycles. The predicted molar refractivity (Wildman–Crippen MR) is 54.5 cm³/mol. The van der Waals surface area contributed by atoms with Crippen molar-refractivity contribution >= 4 is 11.4 Å². The maximum Gasteiger partial charge on any atom is 0.0361 e. The Labute approximate surface area is 73.8 Å². The number of nitrogen functional groups attached to an aromatic ring is 1. The predicted octanol–water partition coefficient (Wildman–Crippen LogP) is 2.43. The van der Waals surface area contributed by atoms with E-state index >= 15 is 0 Å². The van der Waals surface area contributed by atoms with Crippen LogP contribution in [0, 0.1) is 0 Å². The van der Waals surface area contributed by atoms with Crippen molar-refractivity contribution in [2.45, 2.75) is 19.8 Å². The summed E-state index contributed by atoms with van der Waals surface area (Å²) in [4.78, 5) is 0. The van der Waals surface area contributed by atoms with Crippen LogP contribution < -0.4 is 11.1 Å². The molecule has 66 valence electrons. The molecule has 0 unspecified atom stereocenters. The molecule has 0 heterocycles. The lowest BCUT2D eigenvalue weighted by molar-refractivity contribution is 0.867. The van der Waals surface area contributed by atoms with E-state index in [0.29, 0.717) is 5.92 Å². The first kappa shape index (κ1) is 8.91. The molecule has 2 nitrogen and oxygen atoms in total. The smallest absolute Gasteiger partial charge is 0.0361 e. The van der Waals surface area contributed by atoms with Crippen LogP contribution in [0.25, 0.3) is 0 Å². The first-order valence-electron chi connectivity index (χ1n) is 4.21. The minimum atomic E-state index is 0.528. The Kier molecular flexibility index (Phi) is 2.58. The summed E-state index contributed by atoms with van der Waals surface area (Å²) in [7, 11) is 1.90. The van der Waals surface area contributed by atoms with Gasteiger partial charge in [-0.15, -0.1) is 0 Å². The molecule has 1 aromatic rings. The van der Waals surface area contributed by atoms with Crippen LogP contribution >= 0.6 is 0 Å². The van der Waals surface area contributed by atoms with Gasteiger partial charge in [-0.3, -0.25) is 0 Å². The molecular weight excluding hydrogens is 148 g/mol. The van der Waals surface area contributed by atoms with Crippen molar-refractivity contribution in [1.82, 2.24) is 0 Å². The first-order chi connectivity index (χ1) is 5.63. The fourth-order valence-corrected chi connectivity index (χ4v) is 1.15. The van der Waals surface area contributed by atoms with Crippen molar-refractivity contribution in [3.63, 3.8) is 0 Å². The van der Waals surface area contributed by atoms with E-state index in [0.717, 1.165) is 11.4 Å². The van der Waals surface area contributed by atoms with E-state index < -0.39 is 0 Å². The zero-order valence-corrected chi connectivity index (χ0v) is 7.89. The van der Waals surface area contributed by atoms with E-state index in [1.165, 1.54) is 5.56 Å². The third kappa shape index (κ3) is 1.91. The normalized spacial score (nSPS) is 10.3. The summed E-state index contributed by atoms with van der Waals surface area (Å²) in [6.07, 6.45) is 0. The number of benzene rings is 1. The zero-order chi connectivity index (χ0) is 9.14. The Balaban J connectivity index is 3.06. The summed E-state index contributed by atoms with van der Waals surface area (Å²) in [5.41, 5.74) is 8.92. The van der Waals surface area contributed by atoms with Crippen molar-refractivity contribution in [1.29, 1.82) is 0 Å². The average molecular weight is 164 g/mol. The number of anilines is 2. The van der Waals surface area contributed by atoms with Crippen molar-refractivity contribution in [2.24, 2.45) is 0 Å². The molecule has 0 aliphatic carbocycles. The SMILES string of the molecule is CNc1cc(N)cc(C(C)C)c1. The van der Waals surface area contributed by atoms with Gasteiger partial charge < -0.3 is 11.1 Å². The second-order valence-corrected chi connectivity index (χ2v) is 3.29. The summed E-state index contributed by atoms with van der Waals surface area (Å²) in [6, 6.07) is 6.08. The second kappa shape index (κ2) is 3.48. The average Bonchev–Trinajstić information content (AvgIpc) is 2.03. The minimum Gasteiger partial charge on any atom is -0.399 e. The molecule has 0 saturated heterocycles. The highest BCUT2D eigenvalue weighted by Crippen LogP contribution is 2.22. The quantitative estimate of drug-likeness (QED) is 0.659. The van der Waals surface area contributed by atoms with E-state index in [4.69, 9.17) is 5.73 Å². The molecule has 2 heteroatoms. The van der Waals surface area contributed by atoms with Crippen LogP contribution in [0.1, 0.15) is 25.3 Å². The van der Waals surface area contributed by atoms with Crippen molar-refractivity contribution < 1.29 is 0 Å². The molecule has 0 radical (unpaired) electrons. The van der Waals surface area contributed by atoms with E-state index in [9.17, 15) is 0 Å². The van der Waals surface area contributed by atoms with Crippen LogP contribution in [0.3, 0.4) is 0 Å². The summed E-state index contributed by atoms with van der Waals surface area (Å²) < 4.78 is 0. The van der Waals surface area contributed by atoms with Crippen molar-refractivity contribution in [3.8, 4) is 0 Å². The summed E-state index contributed by atoms with van der Waals surface area (Å²) in [5.74, 6) is 0.528. The van der Waals surface area contributed by atoms with Crippen LogP contribution in [-0.2, 0) is 0 Å². The number of nitrogens with one attached hydrogen (secondary N) is 1. The lowest BCUT2D eigenvalue weighted by atomic mass is 10.0. The Morgan fingerprint density at radius 1 is 1.25 bits per heavy atom. The summed E-state index contributed by atoms with van der Waals surface area (Å²) >= 11 is 0. The molecule has 0 amide bonds. The van der Waals surface area contributed by atoms with Gasteiger partial charge in [0.05, 0.1) is 0 Å². The number of hydrogen-bond acceptors (Lipinski definition) is 2. The van der Waals surface area contributed by atoms with Crippen LogP contribution in [0.15, 0.2) is 18.2 Å². The van der Waals surface area contributed by atoms with Crippen LogP contribution in [0.4, 0.5) is 11.4 Å². The van der Waals surface area contributed by atoms with Gasteiger partial charge in [-0.05, 0) is 29.7 Å². The summed E-state index contributed by atoms with van der Waals surface area (Å²) in [5, 5.41) is 3.08. The second-order valence-electron chi connectivity index (χ2n) is 3.29. The van der Waals surface area contributed by atoms with Gasteiger partial charge in [0, 0.05) is 18.4 Å². The molecule has 1 rings (SSSR count). The third-order valence-corrected chi connectivity index (χ3v) is 1.93. The highest BCUT2D eigenvalue weighted by Gasteiger charge is 2.01. The summed E-state index contributed by atoms with van der Waals surface area (Å²) in [6.45, 7) is 4.32. The molecule has 0 bridgehead atoms. The van der Waals surface area contributed by atoms with Gasteiger partial charge in [-0.1, -0.05) is 13.8 Å². The van der Waals surface area contributed by atoms with Crippen LogP contribution in [0.2, 0.25) is 0 Å². The molecule has 0 atom stereocenters.